The number of amides is 2. The number of likely N-dealkylation sites (tertiary alicyclic amines) is 1. The second-order valence-electron chi connectivity index (χ2n) is 5.67. The Morgan fingerprint density at radius 3 is 2.55 bits per heavy atom. The van der Waals surface area contributed by atoms with Crippen molar-refractivity contribution in [2.45, 2.75) is 38.1 Å². The van der Waals surface area contributed by atoms with E-state index in [0.29, 0.717) is 25.9 Å². The second kappa shape index (κ2) is 6.58. The standard InChI is InChI=1S/C13H23N3O3S/c14-20(18,19)10-11-6-8-16(9-7-11)13(17)15-12-4-2-1-3-5-12/h2,4,11-12H,1,3,5-10H2,(H,15,17)(H2,14,18,19)/t12-/m1/s1. The van der Waals surface area contributed by atoms with Crippen LogP contribution in [0.1, 0.15) is 32.1 Å². The zero-order valence-electron chi connectivity index (χ0n) is 11.6. The van der Waals surface area contributed by atoms with Gasteiger partial charge in [-0.2, -0.15) is 0 Å². The summed E-state index contributed by atoms with van der Waals surface area (Å²) >= 11 is 0. The molecule has 0 spiro atoms. The van der Waals surface area contributed by atoms with Crippen LogP contribution in [0, 0.1) is 5.92 Å². The molecule has 1 atom stereocenters. The molecule has 0 aromatic heterocycles. The molecule has 6 nitrogen and oxygen atoms in total. The summed E-state index contributed by atoms with van der Waals surface area (Å²) in [6.07, 6.45) is 8.74. The first-order chi connectivity index (χ1) is 9.44. The van der Waals surface area contributed by atoms with Crippen LogP contribution in [-0.2, 0) is 10.0 Å². The molecule has 0 aromatic rings. The van der Waals surface area contributed by atoms with Crippen LogP contribution < -0.4 is 10.5 Å². The molecule has 0 radical (unpaired) electrons. The minimum atomic E-state index is -3.41. The number of carbonyl (C=O) groups excluding carboxylic acids is 1. The van der Waals surface area contributed by atoms with Crippen LogP contribution in [0.2, 0.25) is 0 Å². The first kappa shape index (κ1) is 15.3. The average molecular weight is 301 g/mol. The smallest absolute Gasteiger partial charge is 0.317 e. The van der Waals surface area contributed by atoms with Crippen LogP contribution in [0.4, 0.5) is 4.79 Å². The van der Waals surface area contributed by atoms with Crippen molar-refractivity contribution in [2.75, 3.05) is 18.8 Å². The van der Waals surface area contributed by atoms with Gasteiger partial charge in [-0.1, -0.05) is 12.2 Å². The number of rotatable bonds is 3. The number of allylic oxidation sites excluding steroid dienone is 1. The summed E-state index contributed by atoms with van der Waals surface area (Å²) in [7, 11) is -3.41. The number of sulfonamides is 1. The predicted molar refractivity (Wildman–Crippen MR) is 77.6 cm³/mol. The molecule has 1 fully saturated rings. The number of hydrogen-bond acceptors (Lipinski definition) is 3. The Morgan fingerprint density at radius 1 is 1.30 bits per heavy atom. The Balaban J connectivity index is 1.76. The number of hydrogen-bond donors (Lipinski definition) is 2. The minimum Gasteiger partial charge on any atom is -0.332 e. The molecule has 1 saturated heterocycles. The lowest BCUT2D eigenvalue weighted by Gasteiger charge is -2.32. The van der Waals surface area contributed by atoms with Gasteiger partial charge in [-0.25, -0.2) is 18.4 Å². The van der Waals surface area contributed by atoms with Gasteiger partial charge < -0.3 is 10.2 Å². The fraction of sp³-hybridized carbons (Fsp3) is 0.769. The second-order valence-corrected chi connectivity index (χ2v) is 7.33. The summed E-state index contributed by atoms with van der Waals surface area (Å²) in [6, 6.07) is 0.0917. The number of urea groups is 1. The van der Waals surface area contributed by atoms with E-state index >= 15 is 0 Å². The predicted octanol–water partition coefficient (Wildman–Crippen LogP) is 0.805. The summed E-state index contributed by atoms with van der Waals surface area (Å²) in [4.78, 5) is 13.9. The Morgan fingerprint density at radius 2 is 2.00 bits per heavy atom. The molecule has 1 aliphatic carbocycles. The monoisotopic (exact) mass is 301 g/mol. The van der Waals surface area contributed by atoms with Gasteiger partial charge in [-0.15, -0.1) is 0 Å². The van der Waals surface area contributed by atoms with E-state index in [1.54, 1.807) is 4.90 Å². The van der Waals surface area contributed by atoms with E-state index in [1.807, 2.05) is 0 Å². The van der Waals surface area contributed by atoms with Gasteiger partial charge in [0.05, 0.1) is 5.75 Å². The van der Waals surface area contributed by atoms with E-state index in [2.05, 4.69) is 17.5 Å². The SMILES string of the molecule is NS(=O)(=O)CC1CCN(C(=O)N[C@@H]2C=CCCC2)CC1. The summed E-state index contributed by atoms with van der Waals surface area (Å²) in [5.74, 6) is 0.0945. The molecule has 1 aliphatic heterocycles. The van der Waals surface area contributed by atoms with E-state index in [4.69, 9.17) is 5.14 Å². The normalized spacial score (nSPS) is 24.6. The van der Waals surface area contributed by atoms with Crippen LogP contribution in [-0.4, -0.2) is 44.2 Å². The molecule has 0 aromatic carbocycles. The van der Waals surface area contributed by atoms with Crippen LogP contribution in [0.3, 0.4) is 0 Å². The number of nitrogens with zero attached hydrogens (tertiary/aromatic N) is 1. The maximum absolute atomic E-state index is 12.1. The van der Waals surface area contributed by atoms with Crippen molar-refractivity contribution in [3.63, 3.8) is 0 Å². The van der Waals surface area contributed by atoms with Crippen molar-refractivity contribution < 1.29 is 13.2 Å². The lowest BCUT2D eigenvalue weighted by Crippen LogP contribution is -2.48. The topological polar surface area (TPSA) is 92.5 Å². The van der Waals surface area contributed by atoms with Crippen molar-refractivity contribution in [3.05, 3.63) is 12.2 Å². The van der Waals surface area contributed by atoms with Crippen LogP contribution in [0.25, 0.3) is 0 Å². The molecule has 114 valence electrons. The van der Waals surface area contributed by atoms with E-state index in [0.717, 1.165) is 19.3 Å². The molecule has 7 heteroatoms. The summed E-state index contributed by atoms with van der Waals surface area (Å²) < 4.78 is 22.1. The van der Waals surface area contributed by atoms with Gasteiger partial charge in [0.15, 0.2) is 0 Å². The maximum atomic E-state index is 12.1. The summed E-state index contributed by atoms with van der Waals surface area (Å²) in [6.45, 7) is 1.20. The molecule has 3 N–H and O–H groups in total. The van der Waals surface area contributed by atoms with E-state index in [-0.39, 0.29) is 23.7 Å². The maximum Gasteiger partial charge on any atom is 0.317 e. The van der Waals surface area contributed by atoms with Gasteiger partial charge in [0, 0.05) is 19.1 Å². The van der Waals surface area contributed by atoms with Gasteiger partial charge in [0.25, 0.3) is 0 Å². The molecule has 2 aliphatic rings. The van der Waals surface area contributed by atoms with Gasteiger partial charge in [-0.05, 0) is 38.0 Å². The molecule has 2 amide bonds. The highest BCUT2D eigenvalue weighted by atomic mass is 32.2. The molecule has 20 heavy (non-hydrogen) atoms. The molecular weight excluding hydrogens is 278 g/mol. The number of nitrogens with one attached hydrogen (secondary N) is 1. The van der Waals surface area contributed by atoms with Gasteiger partial charge in [-0.3, -0.25) is 0 Å². The van der Waals surface area contributed by atoms with Crippen LogP contribution in [0.5, 0.6) is 0 Å². The highest BCUT2D eigenvalue weighted by Crippen LogP contribution is 2.19. The summed E-state index contributed by atoms with van der Waals surface area (Å²) in [5.41, 5.74) is 0. The first-order valence-corrected chi connectivity index (χ1v) is 8.88. The van der Waals surface area contributed by atoms with Crippen molar-refractivity contribution in [3.8, 4) is 0 Å². The molecule has 1 heterocycles. The van der Waals surface area contributed by atoms with Crippen molar-refractivity contribution >= 4 is 16.1 Å². The van der Waals surface area contributed by atoms with Gasteiger partial charge in [0.1, 0.15) is 0 Å². The van der Waals surface area contributed by atoms with Crippen molar-refractivity contribution in [2.24, 2.45) is 11.1 Å². The fourth-order valence-corrected chi connectivity index (χ4v) is 3.80. The largest absolute Gasteiger partial charge is 0.332 e. The lowest BCUT2D eigenvalue weighted by molar-refractivity contribution is 0.172. The molecule has 0 unspecified atom stereocenters. The molecular formula is C13H23N3O3S. The summed E-state index contributed by atoms with van der Waals surface area (Å²) in [5, 5.41) is 8.07. The van der Waals surface area contributed by atoms with E-state index in [9.17, 15) is 13.2 Å². The Hall–Kier alpha value is -1.08. The first-order valence-electron chi connectivity index (χ1n) is 7.16. The number of nitrogens with two attached hydrogens (primary N) is 1. The highest BCUT2D eigenvalue weighted by molar-refractivity contribution is 7.89. The third-order valence-electron chi connectivity index (χ3n) is 3.93. The molecule has 0 bridgehead atoms. The fourth-order valence-electron chi connectivity index (χ4n) is 2.81. The number of piperidine rings is 1. The Kier molecular flexibility index (Phi) is 5.04. The highest BCUT2D eigenvalue weighted by Gasteiger charge is 2.26. The van der Waals surface area contributed by atoms with Gasteiger partial charge in [0.2, 0.25) is 10.0 Å². The van der Waals surface area contributed by atoms with Crippen LogP contribution >= 0.6 is 0 Å². The van der Waals surface area contributed by atoms with E-state index < -0.39 is 10.0 Å². The lowest BCUT2D eigenvalue weighted by atomic mass is 9.99. The Labute approximate surface area is 120 Å². The molecule has 0 saturated carbocycles. The number of primary sulfonamides is 1. The van der Waals surface area contributed by atoms with Crippen molar-refractivity contribution in [1.29, 1.82) is 0 Å². The van der Waals surface area contributed by atoms with Crippen LogP contribution in [0.15, 0.2) is 12.2 Å². The minimum absolute atomic E-state index is 0.0216. The number of carbonyl (C=O) groups is 1. The quantitative estimate of drug-likeness (QED) is 0.755. The van der Waals surface area contributed by atoms with Crippen molar-refractivity contribution in [1.82, 2.24) is 10.2 Å². The zero-order valence-corrected chi connectivity index (χ0v) is 12.4. The molecule has 2 rings (SSSR count). The van der Waals surface area contributed by atoms with E-state index in [1.165, 1.54) is 0 Å². The van der Waals surface area contributed by atoms with Gasteiger partial charge >= 0.3 is 6.03 Å². The third-order valence-corrected chi connectivity index (χ3v) is 4.87. The zero-order chi connectivity index (χ0) is 14.6. The average Bonchev–Trinajstić information content (AvgIpc) is 2.39. The third kappa shape index (κ3) is 4.79. The Bertz CT molecular complexity index is 467.